The Morgan fingerprint density at radius 2 is 1.70 bits per heavy atom. The SMILES string of the molecule is CCCNC(CCOCCC)c1ccc(CCC)cc1. The summed E-state index contributed by atoms with van der Waals surface area (Å²) >= 11 is 0. The predicted molar refractivity (Wildman–Crippen MR) is 87.2 cm³/mol. The summed E-state index contributed by atoms with van der Waals surface area (Å²) < 4.78 is 5.64. The van der Waals surface area contributed by atoms with E-state index in [1.165, 1.54) is 30.4 Å². The van der Waals surface area contributed by atoms with Gasteiger partial charge in [-0.1, -0.05) is 51.5 Å². The largest absolute Gasteiger partial charge is 0.381 e. The van der Waals surface area contributed by atoms with Gasteiger partial charge in [-0.25, -0.2) is 0 Å². The van der Waals surface area contributed by atoms with Crippen molar-refractivity contribution in [3.05, 3.63) is 35.4 Å². The molecule has 1 atom stereocenters. The van der Waals surface area contributed by atoms with Crippen LogP contribution in [0.2, 0.25) is 0 Å². The Hall–Kier alpha value is -0.860. The molecular formula is C18H31NO. The van der Waals surface area contributed by atoms with Gasteiger partial charge in [0.05, 0.1) is 0 Å². The van der Waals surface area contributed by atoms with E-state index < -0.39 is 0 Å². The second-order valence-electron chi connectivity index (χ2n) is 5.40. The zero-order valence-corrected chi connectivity index (χ0v) is 13.5. The van der Waals surface area contributed by atoms with Gasteiger partial charge in [-0.05, 0) is 43.4 Å². The molecule has 0 saturated heterocycles. The van der Waals surface area contributed by atoms with Crippen molar-refractivity contribution in [3.8, 4) is 0 Å². The Kier molecular flexibility index (Phi) is 9.35. The highest BCUT2D eigenvalue weighted by Crippen LogP contribution is 2.18. The molecule has 1 rings (SSSR count). The molecule has 0 aliphatic carbocycles. The Morgan fingerprint density at radius 1 is 0.950 bits per heavy atom. The van der Waals surface area contributed by atoms with Crippen LogP contribution in [-0.4, -0.2) is 19.8 Å². The maximum atomic E-state index is 5.64. The molecule has 114 valence electrons. The molecule has 0 fully saturated rings. The number of aryl methyl sites for hydroxylation is 1. The molecule has 0 aliphatic rings. The highest BCUT2D eigenvalue weighted by atomic mass is 16.5. The first-order valence-electron chi connectivity index (χ1n) is 8.21. The molecule has 1 aromatic carbocycles. The normalized spacial score (nSPS) is 12.6. The second kappa shape index (κ2) is 10.9. The third kappa shape index (κ3) is 6.53. The van der Waals surface area contributed by atoms with E-state index in [0.29, 0.717) is 6.04 Å². The van der Waals surface area contributed by atoms with Gasteiger partial charge in [-0.2, -0.15) is 0 Å². The van der Waals surface area contributed by atoms with E-state index in [9.17, 15) is 0 Å². The summed E-state index contributed by atoms with van der Waals surface area (Å²) in [6, 6.07) is 9.51. The standard InChI is InChI=1S/C18H31NO/c1-4-7-16-8-10-17(11-9-16)18(19-13-5-2)12-15-20-14-6-3/h8-11,18-19H,4-7,12-15H2,1-3H3. The van der Waals surface area contributed by atoms with Crippen molar-refractivity contribution in [1.29, 1.82) is 0 Å². The second-order valence-corrected chi connectivity index (χ2v) is 5.40. The van der Waals surface area contributed by atoms with E-state index in [4.69, 9.17) is 4.74 Å². The molecule has 0 amide bonds. The molecule has 0 bridgehead atoms. The topological polar surface area (TPSA) is 21.3 Å². The minimum Gasteiger partial charge on any atom is -0.381 e. The first-order chi connectivity index (χ1) is 9.81. The zero-order chi connectivity index (χ0) is 14.6. The van der Waals surface area contributed by atoms with Crippen LogP contribution in [0.5, 0.6) is 0 Å². The summed E-state index contributed by atoms with van der Waals surface area (Å²) in [5, 5.41) is 3.63. The number of nitrogens with one attached hydrogen (secondary N) is 1. The Balaban J connectivity index is 2.56. The average molecular weight is 277 g/mol. The summed E-state index contributed by atoms with van der Waals surface area (Å²) in [7, 11) is 0. The van der Waals surface area contributed by atoms with Crippen LogP contribution in [0.1, 0.15) is 63.6 Å². The van der Waals surface area contributed by atoms with Crippen molar-refractivity contribution >= 4 is 0 Å². The van der Waals surface area contributed by atoms with Gasteiger partial charge in [0.15, 0.2) is 0 Å². The quantitative estimate of drug-likeness (QED) is 0.601. The molecule has 2 heteroatoms. The van der Waals surface area contributed by atoms with Crippen LogP contribution in [0.3, 0.4) is 0 Å². The monoisotopic (exact) mass is 277 g/mol. The van der Waals surface area contributed by atoms with Gasteiger partial charge in [-0.3, -0.25) is 0 Å². The lowest BCUT2D eigenvalue weighted by Gasteiger charge is -2.19. The van der Waals surface area contributed by atoms with Gasteiger partial charge in [0.1, 0.15) is 0 Å². The smallest absolute Gasteiger partial charge is 0.0484 e. The molecule has 1 N–H and O–H groups in total. The maximum absolute atomic E-state index is 5.64. The van der Waals surface area contributed by atoms with Crippen LogP contribution >= 0.6 is 0 Å². The van der Waals surface area contributed by atoms with Gasteiger partial charge < -0.3 is 10.1 Å². The van der Waals surface area contributed by atoms with E-state index in [0.717, 1.165) is 32.6 Å². The molecular weight excluding hydrogens is 246 g/mol. The van der Waals surface area contributed by atoms with Gasteiger partial charge in [0.2, 0.25) is 0 Å². The van der Waals surface area contributed by atoms with Crippen molar-refractivity contribution in [2.45, 2.75) is 58.9 Å². The Labute approximate surface area is 124 Å². The summed E-state index contributed by atoms with van der Waals surface area (Å²) in [5.74, 6) is 0. The molecule has 1 unspecified atom stereocenters. The Morgan fingerprint density at radius 3 is 2.30 bits per heavy atom. The van der Waals surface area contributed by atoms with Crippen LogP contribution in [0.15, 0.2) is 24.3 Å². The van der Waals surface area contributed by atoms with E-state index in [1.807, 2.05) is 0 Å². The third-order valence-electron chi connectivity index (χ3n) is 3.46. The molecule has 0 heterocycles. The molecule has 0 radical (unpaired) electrons. The van der Waals surface area contributed by atoms with Gasteiger partial charge in [0.25, 0.3) is 0 Å². The molecule has 1 aromatic rings. The first-order valence-corrected chi connectivity index (χ1v) is 8.21. The van der Waals surface area contributed by atoms with Gasteiger partial charge >= 0.3 is 0 Å². The maximum Gasteiger partial charge on any atom is 0.0484 e. The van der Waals surface area contributed by atoms with E-state index in [-0.39, 0.29) is 0 Å². The lowest BCUT2D eigenvalue weighted by atomic mass is 10.0. The molecule has 0 saturated carbocycles. The zero-order valence-electron chi connectivity index (χ0n) is 13.5. The van der Waals surface area contributed by atoms with Crippen molar-refractivity contribution in [3.63, 3.8) is 0 Å². The fraction of sp³-hybridized carbons (Fsp3) is 0.667. The molecule has 0 aromatic heterocycles. The molecule has 2 nitrogen and oxygen atoms in total. The average Bonchev–Trinajstić information content (AvgIpc) is 2.48. The van der Waals surface area contributed by atoms with Crippen molar-refractivity contribution in [1.82, 2.24) is 5.32 Å². The third-order valence-corrected chi connectivity index (χ3v) is 3.46. The molecule has 20 heavy (non-hydrogen) atoms. The first kappa shape index (κ1) is 17.2. The lowest BCUT2D eigenvalue weighted by molar-refractivity contribution is 0.124. The Bertz CT molecular complexity index is 334. The molecule has 0 aliphatic heterocycles. The fourth-order valence-corrected chi connectivity index (χ4v) is 2.36. The fourth-order valence-electron chi connectivity index (χ4n) is 2.36. The predicted octanol–water partition coefficient (Wildman–Crippen LogP) is 4.50. The van der Waals surface area contributed by atoms with Crippen LogP contribution < -0.4 is 5.32 Å². The number of ether oxygens (including phenoxy) is 1. The minimum atomic E-state index is 0.419. The van der Waals surface area contributed by atoms with Crippen molar-refractivity contribution in [2.24, 2.45) is 0 Å². The van der Waals surface area contributed by atoms with Crippen molar-refractivity contribution in [2.75, 3.05) is 19.8 Å². The molecule has 0 spiro atoms. The van der Waals surface area contributed by atoms with Crippen LogP contribution in [0.4, 0.5) is 0 Å². The van der Waals surface area contributed by atoms with Crippen LogP contribution in [0.25, 0.3) is 0 Å². The number of hydrogen-bond acceptors (Lipinski definition) is 2. The van der Waals surface area contributed by atoms with E-state index in [1.54, 1.807) is 0 Å². The summed E-state index contributed by atoms with van der Waals surface area (Å²) in [5.41, 5.74) is 2.83. The van der Waals surface area contributed by atoms with Crippen LogP contribution in [0, 0.1) is 0 Å². The van der Waals surface area contributed by atoms with E-state index in [2.05, 4.69) is 50.4 Å². The highest BCUT2D eigenvalue weighted by molar-refractivity contribution is 5.25. The number of hydrogen-bond donors (Lipinski definition) is 1. The van der Waals surface area contributed by atoms with Gasteiger partial charge in [-0.15, -0.1) is 0 Å². The highest BCUT2D eigenvalue weighted by Gasteiger charge is 2.10. The summed E-state index contributed by atoms with van der Waals surface area (Å²) in [6.45, 7) is 9.36. The number of benzene rings is 1. The summed E-state index contributed by atoms with van der Waals surface area (Å²) in [4.78, 5) is 0. The number of rotatable bonds is 11. The van der Waals surface area contributed by atoms with Crippen LogP contribution in [-0.2, 0) is 11.2 Å². The van der Waals surface area contributed by atoms with Crippen molar-refractivity contribution < 1.29 is 4.74 Å². The minimum absolute atomic E-state index is 0.419. The van der Waals surface area contributed by atoms with E-state index >= 15 is 0 Å². The van der Waals surface area contributed by atoms with Gasteiger partial charge in [0, 0.05) is 19.3 Å². The summed E-state index contributed by atoms with van der Waals surface area (Å²) in [6.07, 6.45) is 5.70. The lowest BCUT2D eigenvalue weighted by Crippen LogP contribution is -2.23.